The summed E-state index contributed by atoms with van der Waals surface area (Å²) >= 11 is 0. The van der Waals surface area contributed by atoms with Gasteiger partial charge in [-0.3, -0.25) is 0 Å². The zero-order valence-electron chi connectivity index (χ0n) is 13.0. The molecule has 0 aliphatic carbocycles. The predicted molar refractivity (Wildman–Crippen MR) is 82.8 cm³/mol. The summed E-state index contributed by atoms with van der Waals surface area (Å²) in [6.45, 7) is 1.22. The number of anilines is 1. The lowest BCUT2D eigenvalue weighted by Crippen LogP contribution is -2.25. The minimum Gasteiger partial charge on any atom is -0.460 e. The topological polar surface area (TPSA) is 76.1 Å². The second kappa shape index (κ2) is 8.84. The van der Waals surface area contributed by atoms with Crippen LogP contribution in [0.2, 0.25) is 0 Å². The molecule has 0 saturated carbocycles. The fraction of sp³-hybridized carbons (Fsp3) is 0.375. The second-order valence-corrected chi connectivity index (χ2v) is 4.82. The third-order valence-electron chi connectivity index (χ3n) is 2.75. The largest absolute Gasteiger partial charge is 0.460 e. The van der Waals surface area contributed by atoms with Crippen molar-refractivity contribution in [3.05, 3.63) is 42.0 Å². The highest BCUT2D eigenvalue weighted by molar-refractivity contribution is 5.89. The van der Waals surface area contributed by atoms with E-state index in [9.17, 15) is 14.7 Å². The molecule has 1 aromatic carbocycles. The molecule has 0 heterocycles. The minimum absolute atomic E-state index is 0.226. The van der Waals surface area contributed by atoms with Gasteiger partial charge in [-0.2, -0.15) is 0 Å². The van der Waals surface area contributed by atoms with Crippen molar-refractivity contribution in [2.45, 2.75) is 13.0 Å². The van der Waals surface area contributed by atoms with Crippen LogP contribution in [0.15, 0.2) is 36.4 Å². The number of ether oxygens (including phenoxy) is 2. The monoisotopic (exact) mass is 307 g/mol. The predicted octanol–water partition coefficient (Wildman–Crippen LogP) is 1.39. The molecule has 0 aromatic heterocycles. The van der Waals surface area contributed by atoms with Crippen LogP contribution < -0.4 is 4.90 Å². The first kappa shape index (κ1) is 17.7. The van der Waals surface area contributed by atoms with Crippen molar-refractivity contribution in [2.24, 2.45) is 0 Å². The van der Waals surface area contributed by atoms with Gasteiger partial charge in [0.15, 0.2) is 0 Å². The van der Waals surface area contributed by atoms with E-state index in [4.69, 9.17) is 9.47 Å². The maximum atomic E-state index is 11.8. The lowest BCUT2D eigenvalue weighted by molar-refractivity contribution is -0.141. The Balaban J connectivity index is 2.40. The Morgan fingerprint density at radius 2 is 1.77 bits per heavy atom. The Bertz CT molecular complexity index is 522. The molecule has 0 fully saturated rings. The standard InChI is InChI=1S/C16H21NO5/c1-4-5-15(19)21-10-14(18)11-22-16(20)12-6-8-13(9-7-12)17(2)3/h4-9,14,18H,10-11H2,1-3H3. The summed E-state index contributed by atoms with van der Waals surface area (Å²) < 4.78 is 9.72. The average Bonchev–Trinajstić information content (AvgIpc) is 2.51. The number of carbonyl (C=O) groups excluding carboxylic acids is 2. The van der Waals surface area contributed by atoms with Crippen LogP contribution in [-0.2, 0) is 14.3 Å². The third kappa shape index (κ3) is 5.97. The van der Waals surface area contributed by atoms with Crippen molar-refractivity contribution >= 4 is 17.6 Å². The second-order valence-electron chi connectivity index (χ2n) is 4.82. The fourth-order valence-corrected chi connectivity index (χ4v) is 1.56. The van der Waals surface area contributed by atoms with Crippen molar-refractivity contribution in [1.29, 1.82) is 0 Å². The lowest BCUT2D eigenvalue weighted by Gasteiger charge is -2.13. The molecule has 1 aromatic rings. The molecule has 0 aliphatic rings. The highest BCUT2D eigenvalue weighted by Crippen LogP contribution is 2.13. The van der Waals surface area contributed by atoms with Crippen LogP contribution in [0, 0.1) is 0 Å². The molecule has 22 heavy (non-hydrogen) atoms. The van der Waals surface area contributed by atoms with Crippen molar-refractivity contribution in [3.8, 4) is 0 Å². The average molecular weight is 307 g/mol. The van der Waals surface area contributed by atoms with Crippen molar-refractivity contribution in [1.82, 2.24) is 0 Å². The van der Waals surface area contributed by atoms with Crippen LogP contribution in [0.5, 0.6) is 0 Å². The number of hydrogen-bond acceptors (Lipinski definition) is 6. The van der Waals surface area contributed by atoms with E-state index in [0.717, 1.165) is 5.69 Å². The molecule has 6 heteroatoms. The van der Waals surface area contributed by atoms with Gasteiger partial charge in [0, 0.05) is 25.9 Å². The highest BCUT2D eigenvalue weighted by Gasteiger charge is 2.12. The molecule has 0 spiro atoms. The van der Waals surface area contributed by atoms with Gasteiger partial charge in [-0.25, -0.2) is 9.59 Å². The molecule has 1 atom stereocenters. The van der Waals surface area contributed by atoms with Gasteiger partial charge in [-0.1, -0.05) is 6.08 Å². The Labute approximate surface area is 129 Å². The molecular weight excluding hydrogens is 286 g/mol. The molecule has 0 radical (unpaired) electrons. The Morgan fingerprint density at radius 1 is 1.18 bits per heavy atom. The summed E-state index contributed by atoms with van der Waals surface area (Å²) in [5.74, 6) is -1.09. The van der Waals surface area contributed by atoms with E-state index in [1.54, 1.807) is 31.2 Å². The van der Waals surface area contributed by atoms with E-state index in [1.807, 2.05) is 19.0 Å². The quantitative estimate of drug-likeness (QED) is 0.606. The summed E-state index contributed by atoms with van der Waals surface area (Å²) in [7, 11) is 3.80. The molecule has 1 unspecified atom stereocenters. The van der Waals surface area contributed by atoms with E-state index in [0.29, 0.717) is 5.56 Å². The smallest absolute Gasteiger partial charge is 0.338 e. The van der Waals surface area contributed by atoms with Crippen LogP contribution in [0.4, 0.5) is 5.69 Å². The van der Waals surface area contributed by atoms with Gasteiger partial charge in [-0.05, 0) is 31.2 Å². The van der Waals surface area contributed by atoms with Gasteiger partial charge in [-0.15, -0.1) is 0 Å². The Morgan fingerprint density at radius 3 is 2.32 bits per heavy atom. The van der Waals surface area contributed by atoms with E-state index in [1.165, 1.54) is 12.2 Å². The first-order valence-electron chi connectivity index (χ1n) is 6.86. The maximum Gasteiger partial charge on any atom is 0.338 e. The minimum atomic E-state index is -1.06. The van der Waals surface area contributed by atoms with Crippen LogP contribution in [-0.4, -0.2) is 50.5 Å². The van der Waals surface area contributed by atoms with Crippen molar-refractivity contribution < 1.29 is 24.2 Å². The van der Waals surface area contributed by atoms with Gasteiger partial charge in [0.25, 0.3) is 0 Å². The van der Waals surface area contributed by atoms with Gasteiger partial charge in [0.2, 0.25) is 0 Å². The molecule has 1 N–H and O–H groups in total. The summed E-state index contributed by atoms with van der Waals surface area (Å²) in [5, 5.41) is 9.59. The number of aliphatic hydroxyl groups excluding tert-OH is 1. The van der Waals surface area contributed by atoms with Crippen LogP contribution in [0.25, 0.3) is 0 Å². The summed E-state index contributed by atoms with van der Waals surface area (Å²) in [4.78, 5) is 24.8. The van der Waals surface area contributed by atoms with Crippen LogP contribution in [0.3, 0.4) is 0 Å². The van der Waals surface area contributed by atoms with Crippen LogP contribution >= 0.6 is 0 Å². The van der Waals surface area contributed by atoms with Crippen molar-refractivity contribution in [2.75, 3.05) is 32.2 Å². The number of nitrogens with zero attached hydrogens (tertiary/aromatic N) is 1. The van der Waals surface area contributed by atoms with E-state index >= 15 is 0 Å². The molecule has 1 rings (SSSR count). The number of esters is 2. The normalized spacial score (nSPS) is 12.0. The highest BCUT2D eigenvalue weighted by atomic mass is 16.6. The summed E-state index contributed by atoms with van der Waals surface area (Å²) in [6, 6.07) is 6.89. The third-order valence-corrected chi connectivity index (χ3v) is 2.75. The van der Waals surface area contributed by atoms with Gasteiger partial charge in [0.1, 0.15) is 19.3 Å². The summed E-state index contributed by atoms with van der Waals surface area (Å²) in [5.41, 5.74) is 1.36. The fourth-order valence-electron chi connectivity index (χ4n) is 1.56. The zero-order chi connectivity index (χ0) is 16.5. The molecule has 6 nitrogen and oxygen atoms in total. The van der Waals surface area contributed by atoms with Gasteiger partial charge >= 0.3 is 11.9 Å². The Kier molecular flexibility index (Phi) is 7.12. The SMILES string of the molecule is CC=CC(=O)OCC(O)COC(=O)c1ccc(N(C)C)cc1. The van der Waals surface area contributed by atoms with E-state index in [2.05, 4.69) is 0 Å². The number of carbonyl (C=O) groups is 2. The number of rotatable bonds is 7. The lowest BCUT2D eigenvalue weighted by atomic mass is 10.2. The van der Waals surface area contributed by atoms with Crippen LogP contribution in [0.1, 0.15) is 17.3 Å². The molecule has 0 amide bonds. The first-order valence-corrected chi connectivity index (χ1v) is 6.86. The van der Waals surface area contributed by atoms with Gasteiger partial charge < -0.3 is 19.5 Å². The maximum absolute atomic E-state index is 11.8. The Hall–Kier alpha value is -2.34. The number of benzene rings is 1. The zero-order valence-corrected chi connectivity index (χ0v) is 13.0. The number of hydrogen-bond donors (Lipinski definition) is 1. The molecule has 120 valence electrons. The van der Waals surface area contributed by atoms with E-state index in [-0.39, 0.29) is 13.2 Å². The molecular formula is C16H21NO5. The summed E-state index contributed by atoms with van der Waals surface area (Å²) in [6.07, 6.45) is 1.72. The molecule has 0 bridgehead atoms. The van der Waals surface area contributed by atoms with Crippen molar-refractivity contribution in [3.63, 3.8) is 0 Å². The molecule has 0 aliphatic heterocycles. The molecule has 0 saturated heterocycles. The van der Waals surface area contributed by atoms with Gasteiger partial charge in [0.05, 0.1) is 5.56 Å². The first-order chi connectivity index (χ1) is 10.4. The number of aliphatic hydroxyl groups is 1. The number of allylic oxidation sites excluding steroid dienone is 1. The van der Waals surface area contributed by atoms with E-state index < -0.39 is 18.0 Å².